The maximum atomic E-state index is 13.7. The highest BCUT2D eigenvalue weighted by Gasteiger charge is 2.13. The van der Waals surface area contributed by atoms with Gasteiger partial charge in [-0.1, -0.05) is 0 Å². The molecule has 0 aliphatic rings. The molecule has 3 N–H and O–H groups in total. The summed E-state index contributed by atoms with van der Waals surface area (Å²) in [5.74, 6) is -1.20. The van der Waals surface area contributed by atoms with Gasteiger partial charge in [0, 0.05) is 23.4 Å². The Bertz CT molecular complexity index is 733. The third kappa shape index (κ3) is 3.30. The van der Waals surface area contributed by atoms with Gasteiger partial charge in [0.05, 0.1) is 11.0 Å². The highest BCUT2D eigenvalue weighted by atomic mass is 19.1. The molecule has 0 bridgehead atoms. The van der Waals surface area contributed by atoms with Crippen molar-refractivity contribution in [3.8, 4) is 11.6 Å². The second kappa shape index (κ2) is 5.53. The van der Waals surface area contributed by atoms with Gasteiger partial charge in [-0.2, -0.15) is 0 Å². The number of non-ortho nitro benzene ring substituents is 1. The van der Waals surface area contributed by atoms with Crippen molar-refractivity contribution in [2.24, 2.45) is 5.73 Å². The van der Waals surface area contributed by atoms with Crippen molar-refractivity contribution in [3.63, 3.8) is 0 Å². The number of amidine groups is 1. The number of nitrogen functional groups attached to an aromatic ring is 1. The molecule has 0 spiro atoms. The van der Waals surface area contributed by atoms with Crippen molar-refractivity contribution in [1.82, 2.24) is 4.98 Å². The fraction of sp³-hybridized carbons (Fsp3) is 0.0769. The lowest BCUT2D eigenvalue weighted by Crippen LogP contribution is -2.11. The van der Waals surface area contributed by atoms with Crippen molar-refractivity contribution in [3.05, 3.63) is 57.5 Å². The molecule has 1 aromatic heterocycles. The smallest absolute Gasteiger partial charge is 0.272 e. The summed E-state index contributed by atoms with van der Waals surface area (Å²) >= 11 is 0. The van der Waals surface area contributed by atoms with Crippen molar-refractivity contribution < 1.29 is 14.1 Å². The van der Waals surface area contributed by atoms with Crippen LogP contribution in [0.2, 0.25) is 0 Å². The van der Waals surface area contributed by atoms with E-state index in [0.29, 0.717) is 11.3 Å². The average molecular weight is 290 g/mol. The topological polar surface area (TPSA) is 115 Å². The molecule has 0 amide bonds. The molecule has 0 atom stereocenters. The Morgan fingerprint density at radius 2 is 2.14 bits per heavy atom. The van der Waals surface area contributed by atoms with Gasteiger partial charge in [0.2, 0.25) is 5.88 Å². The summed E-state index contributed by atoms with van der Waals surface area (Å²) in [4.78, 5) is 13.9. The zero-order valence-electron chi connectivity index (χ0n) is 11.0. The largest absolute Gasteiger partial charge is 0.436 e. The van der Waals surface area contributed by atoms with E-state index in [4.69, 9.17) is 15.9 Å². The number of ether oxygens (including phenoxy) is 1. The maximum absolute atomic E-state index is 13.7. The summed E-state index contributed by atoms with van der Waals surface area (Å²) < 4.78 is 19.0. The fourth-order valence-corrected chi connectivity index (χ4v) is 1.64. The van der Waals surface area contributed by atoms with Gasteiger partial charge in [0.1, 0.15) is 5.84 Å². The van der Waals surface area contributed by atoms with Crippen molar-refractivity contribution in [2.45, 2.75) is 6.92 Å². The van der Waals surface area contributed by atoms with Crippen LogP contribution in [-0.2, 0) is 0 Å². The predicted molar refractivity (Wildman–Crippen MR) is 73.1 cm³/mol. The molecule has 0 aliphatic carbocycles. The van der Waals surface area contributed by atoms with E-state index in [-0.39, 0.29) is 23.2 Å². The molecule has 21 heavy (non-hydrogen) atoms. The lowest BCUT2D eigenvalue weighted by atomic mass is 10.2. The van der Waals surface area contributed by atoms with E-state index in [1.807, 2.05) is 0 Å². The minimum Gasteiger partial charge on any atom is -0.436 e. The number of nitro groups is 1. The van der Waals surface area contributed by atoms with Crippen LogP contribution in [0, 0.1) is 28.3 Å². The molecule has 0 saturated heterocycles. The quantitative estimate of drug-likeness (QED) is 0.388. The second-order valence-electron chi connectivity index (χ2n) is 4.22. The highest BCUT2D eigenvalue weighted by Crippen LogP contribution is 2.27. The van der Waals surface area contributed by atoms with Gasteiger partial charge >= 0.3 is 0 Å². The summed E-state index contributed by atoms with van der Waals surface area (Å²) in [7, 11) is 0. The molecule has 7 nitrogen and oxygen atoms in total. The summed E-state index contributed by atoms with van der Waals surface area (Å²) in [6, 6.07) is 6.00. The lowest BCUT2D eigenvalue weighted by Gasteiger charge is -2.08. The first-order chi connectivity index (χ1) is 9.86. The Hall–Kier alpha value is -3.03. The Morgan fingerprint density at radius 1 is 1.43 bits per heavy atom. The third-order valence-corrected chi connectivity index (χ3v) is 2.58. The molecule has 0 aliphatic heterocycles. The number of aromatic nitrogens is 1. The Labute approximate surface area is 118 Å². The van der Waals surface area contributed by atoms with Crippen LogP contribution in [0.15, 0.2) is 30.3 Å². The van der Waals surface area contributed by atoms with E-state index >= 15 is 0 Å². The molecule has 8 heteroatoms. The van der Waals surface area contributed by atoms with E-state index < -0.39 is 10.7 Å². The third-order valence-electron chi connectivity index (χ3n) is 2.58. The Balaban J connectivity index is 2.34. The first-order valence-electron chi connectivity index (χ1n) is 5.81. The number of benzene rings is 1. The van der Waals surface area contributed by atoms with Crippen LogP contribution in [-0.4, -0.2) is 15.7 Å². The van der Waals surface area contributed by atoms with Crippen molar-refractivity contribution in [2.75, 3.05) is 0 Å². The number of pyridine rings is 1. The van der Waals surface area contributed by atoms with E-state index in [2.05, 4.69) is 4.98 Å². The number of aryl methyl sites for hydroxylation is 1. The summed E-state index contributed by atoms with van der Waals surface area (Å²) in [6.45, 7) is 1.67. The number of nitrogens with two attached hydrogens (primary N) is 1. The standard InChI is InChI=1S/C13H11FN4O3/c1-7-4-8(13(15)16)5-12(17-7)21-11-3-2-9(18(19)20)6-10(11)14/h2-6H,1H3,(H3,15,16). The SMILES string of the molecule is Cc1cc(C(=N)N)cc(Oc2ccc([N+](=O)[O-])cc2F)n1. The monoisotopic (exact) mass is 290 g/mol. The zero-order valence-corrected chi connectivity index (χ0v) is 11.0. The summed E-state index contributed by atoms with van der Waals surface area (Å²) in [6.07, 6.45) is 0. The van der Waals surface area contributed by atoms with Crippen LogP contribution in [0.3, 0.4) is 0 Å². The molecule has 0 saturated carbocycles. The van der Waals surface area contributed by atoms with Gasteiger partial charge in [-0.3, -0.25) is 15.5 Å². The fourth-order valence-electron chi connectivity index (χ4n) is 1.64. The molecule has 1 heterocycles. The molecule has 108 valence electrons. The number of halogens is 1. The van der Waals surface area contributed by atoms with E-state index in [0.717, 1.165) is 18.2 Å². The molecule has 0 unspecified atom stereocenters. The van der Waals surface area contributed by atoms with Gasteiger partial charge in [-0.05, 0) is 19.1 Å². The highest BCUT2D eigenvalue weighted by molar-refractivity contribution is 5.95. The number of hydrogen-bond donors (Lipinski definition) is 2. The van der Waals surface area contributed by atoms with Crippen LogP contribution in [0.1, 0.15) is 11.3 Å². The molecular formula is C13H11FN4O3. The minimum atomic E-state index is -0.878. The molecule has 1 aromatic carbocycles. The van der Waals surface area contributed by atoms with E-state index in [1.165, 1.54) is 6.07 Å². The van der Waals surface area contributed by atoms with Crippen LogP contribution < -0.4 is 10.5 Å². The number of nitrogens with zero attached hydrogens (tertiary/aromatic N) is 2. The number of rotatable bonds is 4. The Kier molecular flexibility index (Phi) is 3.79. The maximum Gasteiger partial charge on any atom is 0.272 e. The summed E-state index contributed by atoms with van der Waals surface area (Å²) in [5, 5.41) is 17.9. The van der Waals surface area contributed by atoms with Crippen LogP contribution in [0.4, 0.5) is 10.1 Å². The van der Waals surface area contributed by atoms with Gasteiger partial charge in [-0.25, -0.2) is 9.37 Å². The second-order valence-corrected chi connectivity index (χ2v) is 4.22. The van der Waals surface area contributed by atoms with Crippen LogP contribution in [0.25, 0.3) is 0 Å². The van der Waals surface area contributed by atoms with Gasteiger partial charge < -0.3 is 10.5 Å². The number of hydrogen-bond acceptors (Lipinski definition) is 5. The molecule has 0 fully saturated rings. The normalized spacial score (nSPS) is 10.2. The number of nitrogens with one attached hydrogen (secondary N) is 1. The van der Waals surface area contributed by atoms with Crippen molar-refractivity contribution in [1.29, 1.82) is 5.41 Å². The Morgan fingerprint density at radius 3 is 2.71 bits per heavy atom. The van der Waals surface area contributed by atoms with Gasteiger partial charge in [-0.15, -0.1) is 0 Å². The van der Waals surface area contributed by atoms with Crippen molar-refractivity contribution >= 4 is 11.5 Å². The van der Waals surface area contributed by atoms with E-state index in [1.54, 1.807) is 13.0 Å². The first-order valence-corrected chi connectivity index (χ1v) is 5.81. The van der Waals surface area contributed by atoms with Crippen LogP contribution >= 0.6 is 0 Å². The lowest BCUT2D eigenvalue weighted by molar-refractivity contribution is -0.385. The first kappa shape index (κ1) is 14.4. The zero-order chi connectivity index (χ0) is 15.6. The van der Waals surface area contributed by atoms with Gasteiger partial charge in [0.15, 0.2) is 11.6 Å². The minimum absolute atomic E-state index is 0.0490. The van der Waals surface area contributed by atoms with Gasteiger partial charge in [0.25, 0.3) is 5.69 Å². The molecular weight excluding hydrogens is 279 g/mol. The molecule has 2 aromatic rings. The molecule has 0 radical (unpaired) electrons. The number of nitro benzene ring substituents is 1. The molecule has 2 rings (SSSR count). The van der Waals surface area contributed by atoms with E-state index in [9.17, 15) is 14.5 Å². The van der Waals surface area contributed by atoms with Crippen LogP contribution in [0.5, 0.6) is 11.6 Å². The summed E-state index contributed by atoms with van der Waals surface area (Å²) in [5.41, 5.74) is 5.94. The predicted octanol–water partition coefficient (Wildman–Crippen LogP) is 2.51. The average Bonchev–Trinajstić information content (AvgIpc) is 2.40.